The highest BCUT2D eigenvalue weighted by atomic mass is 16.5. The summed E-state index contributed by atoms with van der Waals surface area (Å²) in [5.41, 5.74) is 4.14. The molecule has 0 aromatic rings. The Bertz CT molecular complexity index is 863. The molecule has 0 aromatic heterocycles. The molecule has 2 N–H and O–H groups in total. The van der Waals surface area contributed by atoms with Gasteiger partial charge in [0.1, 0.15) is 5.76 Å². The number of hydrogen-bond donors (Lipinski definition) is 2. The Labute approximate surface area is 211 Å². The van der Waals surface area contributed by atoms with E-state index in [1.54, 1.807) is 36.5 Å². The lowest BCUT2D eigenvalue weighted by Crippen LogP contribution is -2.41. The van der Waals surface area contributed by atoms with Crippen LogP contribution in [0.25, 0.3) is 0 Å². The van der Waals surface area contributed by atoms with E-state index in [1.165, 1.54) is 25.5 Å². The third-order valence-corrected chi connectivity index (χ3v) is 6.33. The summed E-state index contributed by atoms with van der Waals surface area (Å²) in [7, 11) is 1.52. The highest BCUT2D eigenvalue weighted by Crippen LogP contribution is 2.33. The molecule has 1 saturated heterocycles. The fourth-order valence-electron chi connectivity index (χ4n) is 4.42. The van der Waals surface area contributed by atoms with Gasteiger partial charge in [-0.2, -0.15) is 0 Å². The van der Waals surface area contributed by atoms with Gasteiger partial charge in [0.25, 0.3) is 5.91 Å². The van der Waals surface area contributed by atoms with E-state index < -0.39 is 0 Å². The number of nitrogens with zero attached hydrogens (tertiary/aromatic N) is 1. The van der Waals surface area contributed by atoms with Gasteiger partial charge in [0, 0.05) is 31.2 Å². The molecule has 0 radical (unpaired) electrons. The number of rotatable bonds is 9. The van der Waals surface area contributed by atoms with Crippen molar-refractivity contribution in [2.45, 2.75) is 58.9 Å². The normalized spacial score (nSPS) is 20.4. The summed E-state index contributed by atoms with van der Waals surface area (Å²) in [6.45, 7) is 12.5. The minimum absolute atomic E-state index is 0.0549. The molecule has 7 nitrogen and oxygen atoms in total. The Balaban J connectivity index is 0.00000137. The van der Waals surface area contributed by atoms with Crippen LogP contribution < -0.4 is 10.6 Å². The van der Waals surface area contributed by atoms with Gasteiger partial charge in [-0.25, -0.2) is 0 Å². The van der Waals surface area contributed by atoms with Crippen LogP contribution in [0.5, 0.6) is 0 Å². The lowest BCUT2D eigenvalue weighted by molar-refractivity contribution is -0.131. The number of hydrogen-bond acceptors (Lipinski definition) is 5. The molecule has 3 rings (SSSR count). The number of amides is 2. The molecule has 35 heavy (non-hydrogen) atoms. The minimum Gasteiger partial charge on any atom is -0.496 e. The average Bonchev–Trinajstić information content (AvgIpc) is 3.29. The van der Waals surface area contributed by atoms with E-state index in [1.807, 2.05) is 6.92 Å². The summed E-state index contributed by atoms with van der Waals surface area (Å²) >= 11 is 0. The molecule has 2 amide bonds. The van der Waals surface area contributed by atoms with Gasteiger partial charge in [0.15, 0.2) is 0 Å². The number of methoxy groups -OCH3 is 1. The smallest absolute Gasteiger partial charge is 0.250 e. The van der Waals surface area contributed by atoms with E-state index >= 15 is 0 Å². The number of carbonyl (C=O) groups is 2. The zero-order chi connectivity index (χ0) is 25.6. The van der Waals surface area contributed by atoms with Crippen molar-refractivity contribution in [2.24, 2.45) is 0 Å². The van der Waals surface area contributed by atoms with Gasteiger partial charge in [-0.1, -0.05) is 23.8 Å². The van der Waals surface area contributed by atoms with Crippen LogP contribution in [0.1, 0.15) is 52.9 Å². The van der Waals surface area contributed by atoms with Crippen molar-refractivity contribution in [3.63, 3.8) is 0 Å². The SMILES string of the molecule is C=CC.COC(/C=C(\C)C(=O)N1CCOCC1)=C(/C)C(=O)NCCCNC1CC2=C(CCC=C2)C1. The number of ether oxygens (including phenoxy) is 2. The molecule has 1 atom stereocenters. The Morgan fingerprint density at radius 3 is 2.60 bits per heavy atom. The molecule has 2 aliphatic carbocycles. The fourth-order valence-corrected chi connectivity index (χ4v) is 4.42. The van der Waals surface area contributed by atoms with Crippen LogP contribution in [0.3, 0.4) is 0 Å². The van der Waals surface area contributed by atoms with Crippen molar-refractivity contribution in [1.29, 1.82) is 0 Å². The highest BCUT2D eigenvalue weighted by Gasteiger charge is 2.23. The van der Waals surface area contributed by atoms with Crippen molar-refractivity contribution in [2.75, 3.05) is 46.5 Å². The molecule has 3 aliphatic rings. The van der Waals surface area contributed by atoms with E-state index in [0.29, 0.717) is 55.8 Å². The summed E-state index contributed by atoms with van der Waals surface area (Å²) in [5, 5.41) is 6.58. The van der Waals surface area contributed by atoms with Gasteiger partial charge in [0.2, 0.25) is 5.91 Å². The average molecular weight is 486 g/mol. The lowest BCUT2D eigenvalue weighted by Gasteiger charge is -2.27. The minimum atomic E-state index is -0.173. The number of allylic oxidation sites excluding steroid dienone is 4. The Kier molecular flexibility index (Phi) is 12.6. The van der Waals surface area contributed by atoms with Gasteiger partial charge in [-0.05, 0) is 71.1 Å². The standard InChI is InChI=1S/C25H37N3O4.C3H6/c1-18(25(30)28-11-13-32-14-12-28)15-23(31-3)19(2)24(29)27-10-6-9-26-22-16-20-7-4-5-8-21(20)17-22;1-3-2/h4,7,15,22,26H,5-6,8-14,16-17H2,1-3H3,(H,27,29);3H,1H2,2H3/b18-15+,23-19-;. The lowest BCUT2D eigenvalue weighted by atomic mass is 10.0. The molecule has 1 fully saturated rings. The Morgan fingerprint density at radius 2 is 1.94 bits per heavy atom. The molecule has 0 spiro atoms. The van der Waals surface area contributed by atoms with Gasteiger partial charge in [-0.3, -0.25) is 9.59 Å². The number of carbonyl (C=O) groups excluding carboxylic acids is 2. The van der Waals surface area contributed by atoms with E-state index in [4.69, 9.17) is 9.47 Å². The van der Waals surface area contributed by atoms with E-state index in [9.17, 15) is 9.59 Å². The van der Waals surface area contributed by atoms with Crippen molar-refractivity contribution in [3.05, 3.63) is 58.9 Å². The molecule has 1 unspecified atom stereocenters. The van der Waals surface area contributed by atoms with Crippen molar-refractivity contribution >= 4 is 11.8 Å². The van der Waals surface area contributed by atoms with E-state index in [0.717, 1.165) is 25.8 Å². The summed E-state index contributed by atoms with van der Waals surface area (Å²) in [6, 6.07) is 0.525. The first-order valence-corrected chi connectivity index (χ1v) is 12.7. The van der Waals surface area contributed by atoms with Crippen molar-refractivity contribution in [1.82, 2.24) is 15.5 Å². The maximum atomic E-state index is 12.6. The third kappa shape index (κ3) is 9.15. The molecule has 0 saturated carbocycles. The van der Waals surface area contributed by atoms with Gasteiger partial charge in [-0.15, -0.1) is 6.58 Å². The third-order valence-electron chi connectivity index (χ3n) is 6.33. The van der Waals surface area contributed by atoms with Crippen LogP contribution in [-0.2, 0) is 19.1 Å². The second-order valence-electron chi connectivity index (χ2n) is 9.07. The molecule has 194 valence electrons. The molecule has 1 heterocycles. The Hall–Kier alpha value is -2.64. The predicted molar refractivity (Wildman–Crippen MR) is 141 cm³/mol. The first-order chi connectivity index (χ1) is 16.9. The van der Waals surface area contributed by atoms with Gasteiger partial charge in [0.05, 0.1) is 25.9 Å². The molecule has 7 heteroatoms. The van der Waals surface area contributed by atoms with Crippen molar-refractivity contribution in [3.8, 4) is 0 Å². The van der Waals surface area contributed by atoms with Crippen molar-refractivity contribution < 1.29 is 19.1 Å². The topological polar surface area (TPSA) is 79.9 Å². The summed E-state index contributed by atoms with van der Waals surface area (Å²) in [6.07, 6.45) is 13.5. The van der Waals surface area contributed by atoms with Crippen LogP contribution in [0.2, 0.25) is 0 Å². The summed E-state index contributed by atoms with van der Waals surface area (Å²) < 4.78 is 10.7. The summed E-state index contributed by atoms with van der Waals surface area (Å²) in [4.78, 5) is 26.9. The second kappa shape index (κ2) is 15.4. The number of morpholine rings is 1. The molecular formula is C28H43N3O4. The maximum absolute atomic E-state index is 12.6. The second-order valence-corrected chi connectivity index (χ2v) is 9.07. The monoisotopic (exact) mass is 485 g/mol. The summed E-state index contributed by atoms with van der Waals surface area (Å²) in [5.74, 6) is 0.184. The molecule has 0 aromatic carbocycles. The van der Waals surface area contributed by atoms with Crippen LogP contribution in [-0.4, -0.2) is 69.3 Å². The molecular weight excluding hydrogens is 442 g/mol. The first-order valence-electron chi connectivity index (χ1n) is 12.7. The van der Waals surface area contributed by atoms with Gasteiger partial charge < -0.3 is 25.0 Å². The quantitative estimate of drug-likeness (QED) is 0.171. The van der Waals surface area contributed by atoms with Crippen LogP contribution >= 0.6 is 0 Å². The first kappa shape index (κ1) is 28.6. The van der Waals surface area contributed by atoms with Crippen LogP contribution in [0.15, 0.2) is 58.9 Å². The van der Waals surface area contributed by atoms with E-state index in [2.05, 4.69) is 29.4 Å². The zero-order valence-corrected chi connectivity index (χ0v) is 22.0. The predicted octanol–water partition coefficient (Wildman–Crippen LogP) is 3.81. The Morgan fingerprint density at radius 1 is 1.23 bits per heavy atom. The number of nitrogens with one attached hydrogen (secondary N) is 2. The molecule has 0 bridgehead atoms. The van der Waals surface area contributed by atoms with Crippen LogP contribution in [0, 0.1) is 0 Å². The van der Waals surface area contributed by atoms with E-state index in [-0.39, 0.29) is 11.8 Å². The van der Waals surface area contributed by atoms with Crippen LogP contribution in [0.4, 0.5) is 0 Å². The highest BCUT2D eigenvalue weighted by molar-refractivity contribution is 5.96. The zero-order valence-electron chi connectivity index (χ0n) is 22.0. The fraction of sp³-hybridized carbons (Fsp3) is 0.571. The maximum Gasteiger partial charge on any atom is 0.250 e. The molecule has 1 aliphatic heterocycles. The van der Waals surface area contributed by atoms with Gasteiger partial charge >= 0.3 is 0 Å². The largest absolute Gasteiger partial charge is 0.496 e.